The molecule has 0 bridgehead atoms. The van der Waals surface area contributed by atoms with Gasteiger partial charge in [-0.05, 0) is 25.5 Å². The molecule has 1 fully saturated rings. The van der Waals surface area contributed by atoms with Crippen LogP contribution in [0.1, 0.15) is 23.7 Å². The van der Waals surface area contributed by atoms with Crippen molar-refractivity contribution in [3.8, 4) is 0 Å². The van der Waals surface area contributed by atoms with E-state index >= 15 is 0 Å². The number of carbonyl (C=O) groups excluding carboxylic acids is 1. The number of carbonyl (C=O) groups is 1. The Morgan fingerprint density at radius 1 is 1.53 bits per heavy atom. The average molecular weight is 303 g/mol. The van der Waals surface area contributed by atoms with Crippen molar-refractivity contribution in [2.24, 2.45) is 5.92 Å². The number of hydrogen-bond acceptors (Lipinski definition) is 3. The molecule has 104 valence electrons. The van der Waals surface area contributed by atoms with E-state index in [-0.39, 0.29) is 22.0 Å². The summed E-state index contributed by atoms with van der Waals surface area (Å²) < 4.78 is 5.31. The van der Waals surface area contributed by atoms with Crippen LogP contribution >= 0.6 is 23.2 Å². The van der Waals surface area contributed by atoms with Crippen molar-refractivity contribution in [2.75, 3.05) is 18.9 Å². The lowest BCUT2D eigenvalue weighted by Gasteiger charge is -2.19. The number of nitrogens with one attached hydrogen (secondary N) is 1. The maximum atomic E-state index is 12.2. The van der Waals surface area contributed by atoms with Crippen molar-refractivity contribution in [1.29, 1.82) is 0 Å². The van der Waals surface area contributed by atoms with Gasteiger partial charge in [-0.3, -0.25) is 4.79 Å². The quantitative estimate of drug-likeness (QED) is 0.844. The summed E-state index contributed by atoms with van der Waals surface area (Å²) in [6, 6.07) is 3.07. The normalized spacial score (nSPS) is 20.3. The van der Waals surface area contributed by atoms with Crippen molar-refractivity contribution in [3.05, 3.63) is 27.7 Å². The Morgan fingerprint density at radius 2 is 2.26 bits per heavy atom. The monoisotopic (exact) mass is 302 g/mol. The summed E-state index contributed by atoms with van der Waals surface area (Å²) in [5.41, 5.74) is 6.39. The van der Waals surface area contributed by atoms with Gasteiger partial charge in [-0.1, -0.05) is 23.2 Å². The first-order valence-corrected chi connectivity index (χ1v) is 6.87. The van der Waals surface area contributed by atoms with E-state index in [0.29, 0.717) is 23.8 Å². The molecule has 3 N–H and O–H groups in total. The van der Waals surface area contributed by atoms with Crippen molar-refractivity contribution in [1.82, 2.24) is 5.32 Å². The lowest BCUT2D eigenvalue weighted by molar-refractivity contribution is 0.0922. The number of benzene rings is 1. The molecule has 19 heavy (non-hydrogen) atoms. The predicted octanol–water partition coefficient (Wildman–Crippen LogP) is 2.73. The molecular formula is C13H16Cl2N2O2. The van der Waals surface area contributed by atoms with E-state index < -0.39 is 0 Å². The van der Waals surface area contributed by atoms with Gasteiger partial charge in [-0.15, -0.1) is 0 Å². The third-order valence-corrected chi connectivity index (χ3v) is 4.13. The summed E-state index contributed by atoms with van der Waals surface area (Å²) in [4.78, 5) is 12.2. The molecule has 1 aliphatic rings. The van der Waals surface area contributed by atoms with E-state index in [9.17, 15) is 4.79 Å². The van der Waals surface area contributed by atoms with Gasteiger partial charge in [0.2, 0.25) is 0 Å². The fourth-order valence-corrected chi connectivity index (χ4v) is 2.55. The summed E-state index contributed by atoms with van der Waals surface area (Å²) in [6.45, 7) is 3.38. The van der Waals surface area contributed by atoms with Crippen LogP contribution in [0.15, 0.2) is 12.1 Å². The number of nitrogens with two attached hydrogens (primary N) is 1. The second-order valence-electron chi connectivity index (χ2n) is 4.75. The van der Waals surface area contributed by atoms with Crippen LogP contribution in [0, 0.1) is 5.92 Å². The van der Waals surface area contributed by atoms with Crippen molar-refractivity contribution in [3.63, 3.8) is 0 Å². The summed E-state index contributed by atoms with van der Waals surface area (Å²) in [7, 11) is 0. The van der Waals surface area contributed by atoms with E-state index in [1.165, 1.54) is 12.1 Å². The van der Waals surface area contributed by atoms with Gasteiger partial charge in [0.25, 0.3) is 5.91 Å². The zero-order valence-electron chi connectivity index (χ0n) is 10.6. The molecule has 1 heterocycles. The molecule has 2 rings (SSSR count). The number of ether oxygens (including phenoxy) is 1. The first-order valence-electron chi connectivity index (χ1n) is 6.12. The first kappa shape index (κ1) is 14.4. The molecule has 0 radical (unpaired) electrons. The maximum absolute atomic E-state index is 12.2. The lowest BCUT2D eigenvalue weighted by atomic mass is 10.0. The second-order valence-corrected chi connectivity index (χ2v) is 5.54. The highest BCUT2D eigenvalue weighted by Gasteiger charge is 2.25. The van der Waals surface area contributed by atoms with Gasteiger partial charge in [0.05, 0.1) is 22.2 Å². The SMILES string of the molecule is CC(NC(=O)c1cc(N)cc(Cl)c1Cl)C1CCOC1. The Labute approximate surface area is 122 Å². The summed E-state index contributed by atoms with van der Waals surface area (Å²) >= 11 is 11.9. The third-order valence-electron chi connectivity index (χ3n) is 3.33. The molecule has 1 aliphatic heterocycles. The molecule has 1 saturated heterocycles. The van der Waals surface area contributed by atoms with Gasteiger partial charge in [0.15, 0.2) is 0 Å². The molecule has 2 unspecified atom stereocenters. The van der Waals surface area contributed by atoms with Crippen LogP contribution in [0.5, 0.6) is 0 Å². The molecule has 1 amide bonds. The van der Waals surface area contributed by atoms with Crippen molar-refractivity contribution < 1.29 is 9.53 Å². The highest BCUT2D eigenvalue weighted by molar-refractivity contribution is 6.44. The largest absolute Gasteiger partial charge is 0.399 e. The molecule has 1 aromatic rings. The van der Waals surface area contributed by atoms with Crippen molar-refractivity contribution >= 4 is 34.8 Å². The van der Waals surface area contributed by atoms with Crippen molar-refractivity contribution in [2.45, 2.75) is 19.4 Å². The minimum Gasteiger partial charge on any atom is -0.399 e. The lowest BCUT2D eigenvalue weighted by Crippen LogP contribution is -2.38. The third kappa shape index (κ3) is 3.32. The van der Waals surface area contributed by atoms with Crippen LogP contribution in [-0.4, -0.2) is 25.2 Å². The number of nitrogen functional groups attached to an aromatic ring is 1. The molecule has 2 atom stereocenters. The molecule has 0 saturated carbocycles. The zero-order chi connectivity index (χ0) is 14.0. The highest BCUT2D eigenvalue weighted by atomic mass is 35.5. The smallest absolute Gasteiger partial charge is 0.253 e. The van der Waals surface area contributed by atoms with Gasteiger partial charge in [0, 0.05) is 24.3 Å². The van der Waals surface area contributed by atoms with Crippen LogP contribution in [0.2, 0.25) is 10.0 Å². The van der Waals surface area contributed by atoms with Gasteiger partial charge in [-0.2, -0.15) is 0 Å². The van der Waals surface area contributed by atoms with E-state index in [1.54, 1.807) is 0 Å². The maximum Gasteiger partial charge on any atom is 0.253 e. The Balaban J connectivity index is 2.11. The Hall–Kier alpha value is -0.970. The highest BCUT2D eigenvalue weighted by Crippen LogP contribution is 2.29. The van der Waals surface area contributed by atoms with Crippen LogP contribution in [0.4, 0.5) is 5.69 Å². The molecule has 0 aromatic heterocycles. The Morgan fingerprint density at radius 3 is 2.89 bits per heavy atom. The zero-order valence-corrected chi connectivity index (χ0v) is 12.1. The number of rotatable bonds is 3. The first-order chi connectivity index (χ1) is 8.99. The molecule has 0 aliphatic carbocycles. The fourth-order valence-electron chi connectivity index (χ4n) is 2.12. The molecular weight excluding hydrogens is 287 g/mol. The number of anilines is 1. The molecule has 1 aromatic carbocycles. The second kappa shape index (κ2) is 5.99. The van der Waals surface area contributed by atoms with E-state index in [1.807, 2.05) is 6.92 Å². The standard InChI is InChI=1S/C13H16Cl2N2O2/c1-7(8-2-3-19-6-8)17-13(18)10-4-9(16)5-11(14)12(10)15/h4-5,7-8H,2-3,6,16H2,1H3,(H,17,18). The van der Waals surface area contributed by atoms with Crippen LogP contribution in [0.3, 0.4) is 0 Å². The summed E-state index contributed by atoms with van der Waals surface area (Å²) in [5, 5.41) is 3.42. The fraction of sp³-hybridized carbons (Fsp3) is 0.462. The van der Waals surface area contributed by atoms with Gasteiger partial charge < -0.3 is 15.8 Å². The summed E-state index contributed by atoms with van der Waals surface area (Å²) in [5.74, 6) is 0.0675. The topological polar surface area (TPSA) is 64.4 Å². The van der Waals surface area contributed by atoms with Crippen LogP contribution in [-0.2, 0) is 4.74 Å². The van der Waals surface area contributed by atoms with Crippen LogP contribution in [0.25, 0.3) is 0 Å². The molecule has 4 nitrogen and oxygen atoms in total. The summed E-state index contributed by atoms with van der Waals surface area (Å²) in [6.07, 6.45) is 0.951. The van der Waals surface area contributed by atoms with Gasteiger partial charge in [0.1, 0.15) is 0 Å². The van der Waals surface area contributed by atoms with Gasteiger partial charge >= 0.3 is 0 Å². The Kier molecular flexibility index (Phi) is 4.55. The average Bonchev–Trinajstić information content (AvgIpc) is 2.87. The number of amides is 1. The minimum atomic E-state index is -0.265. The number of halogens is 2. The van der Waals surface area contributed by atoms with E-state index in [2.05, 4.69) is 5.32 Å². The van der Waals surface area contributed by atoms with E-state index in [4.69, 9.17) is 33.7 Å². The van der Waals surface area contributed by atoms with E-state index in [0.717, 1.165) is 13.0 Å². The number of hydrogen-bond donors (Lipinski definition) is 2. The predicted molar refractivity (Wildman–Crippen MR) is 76.7 cm³/mol. The molecule has 0 spiro atoms. The Bertz CT molecular complexity index is 488. The minimum absolute atomic E-state index is 0.0197. The van der Waals surface area contributed by atoms with Crippen LogP contribution < -0.4 is 11.1 Å². The molecule has 6 heteroatoms. The van der Waals surface area contributed by atoms with Gasteiger partial charge in [-0.25, -0.2) is 0 Å².